The van der Waals surface area contributed by atoms with Crippen molar-refractivity contribution in [1.82, 2.24) is 4.98 Å². The van der Waals surface area contributed by atoms with Crippen LogP contribution in [0.1, 0.15) is 11.3 Å². The Morgan fingerprint density at radius 1 is 1.40 bits per heavy atom. The summed E-state index contributed by atoms with van der Waals surface area (Å²) in [6, 6.07) is 5.07. The quantitative estimate of drug-likeness (QED) is 0.609. The van der Waals surface area contributed by atoms with Crippen LogP contribution in [0.15, 0.2) is 6.07 Å². The van der Waals surface area contributed by atoms with Gasteiger partial charge in [-0.3, -0.25) is 0 Å². The molecule has 0 aromatic carbocycles. The van der Waals surface area contributed by atoms with Crippen LogP contribution >= 0.6 is 11.6 Å². The molecule has 0 aliphatic rings. The molecule has 1 rings (SSSR count). The van der Waals surface area contributed by atoms with E-state index in [-0.39, 0.29) is 5.15 Å². The monoisotopic (exact) mass is 151 g/mol. The Morgan fingerprint density at radius 2 is 2.10 bits per heavy atom. The molecule has 1 aromatic heterocycles. The molecule has 0 saturated heterocycles. The van der Waals surface area contributed by atoms with E-state index in [1.165, 1.54) is 6.07 Å². The molecule has 0 fully saturated rings. The lowest BCUT2D eigenvalue weighted by Crippen LogP contribution is -1.67. The highest BCUT2D eigenvalue weighted by atomic mass is 35.5. The zero-order valence-electron chi connectivity index (χ0n) is 4.85. The first-order chi connectivity index (χ1) is 4.77. The third-order valence-electron chi connectivity index (χ3n) is 1.01. The van der Waals surface area contributed by atoms with Gasteiger partial charge >= 0.3 is 0 Å². The Hall–Kier alpha value is -1.45. The first-order valence-electron chi connectivity index (χ1n) is 2.46. The Bertz CT molecular complexity index is 326. The lowest BCUT2D eigenvalue weighted by atomic mass is 10.3. The summed E-state index contributed by atoms with van der Waals surface area (Å²) in [6.07, 6.45) is 0. The number of aromatic nitrogens is 1. The zero-order valence-corrected chi connectivity index (χ0v) is 5.61. The number of halogens is 1. The van der Waals surface area contributed by atoms with Gasteiger partial charge in [-0.25, -0.2) is 0 Å². The predicted molar refractivity (Wildman–Crippen MR) is 35.2 cm³/mol. The van der Waals surface area contributed by atoms with E-state index in [0.29, 0.717) is 11.3 Å². The molecule has 1 heterocycles. The molecular formula is C6H2ClN3. The van der Waals surface area contributed by atoms with Gasteiger partial charge in [0.05, 0.1) is 5.56 Å². The number of nitrogens with zero attached hydrogens (tertiary/aromatic N) is 2. The average molecular weight is 152 g/mol. The van der Waals surface area contributed by atoms with Gasteiger partial charge in [-0.1, -0.05) is 11.6 Å². The van der Waals surface area contributed by atoms with Gasteiger partial charge in [-0.15, -0.1) is 0 Å². The molecule has 0 radical (unpaired) electrons. The smallest absolute Gasteiger partial charge is 0.125 e. The average Bonchev–Trinajstić information content (AvgIpc) is 2.30. The molecule has 4 heteroatoms. The summed E-state index contributed by atoms with van der Waals surface area (Å²) in [5.74, 6) is 0. The fourth-order valence-electron chi connectivity index (χ4n) is 0.571. The number of hydrogen-bond acceptors (Lipinski definition) is 2. The van der Waals surface area contributed by atoms with Crippen LogP contribution in [0.25, 0.3) is 0 Å². The van der Waals surface area contributed by atoms with Crippen LogP contribution in [0, 0.1) is 22.7 Å². The van der Waals surface area contributed by atoms with Gasteiger partial charge in [0.1, 0.15) is 23.0 Å². The number of H-pyrrole nitrogens is 1. The van der Waals surface area contributed by atoms with Crippen molar-refractivity contribution in [2.24, 2.45) is 0 Å². The SMILES string of the molecule is N#Cc1cc(C#N)c(Cl)[nH]1. The highest BCUT2D eigenvalue weighted by molar-refractivity contribution is 6.30. The third-order valence-corrected chi connectivity index (χ3v) is 1.31. The molecule has 0 unspecified atom stereocenters. The fraction of sp³-hybridized carbons (Fsp3) is 0. The van der Waals surface area contributed by atoms with Gasteiger partial charge in [0.25, 0.3) is 0 Å². The van der Waals surface area contributed by atoms with E-state index in [4.69, 9.17) is 22.1 Å². The van der Waals surface area contributed by atoms with Crippen molar-refractivity contribution in [3.05, 3.63) is 22.5 Å². The predicted octanol–water partition coefficient (Wildman–Crippen LogP) is 1.41. The summed E-state index contributed by atoms with van der Waals surface area (Å²) >= 11 is 5.49. The molecule has 1 N–H and O–H groups in total. The van der Waals surface area contributed by atoms with Crippen LogP contribution < -0.4 is 0 Å². The molecule has 0 atom stereocenters. The third kappa shape index (κ3) is 0.953. The summed E-state index contributed by atoms with van der Waals surface area (Å²) < 4.78 is 0. The van der Waals surface area contributed by atoms with E-state index in [1.54, 1.807) is 0 Å². The lowest BCUT2D eigenvalue weighted by Gasteiger charge is -1.76. The first kappa shape index (κ1) is 6.67. The minimum absolute atomic E-state index is 0.221. The second kappa shape index (κ2) is 2.43. The molecule has 48 valence electrons. The molecule has 3 nitrogen and oxygen atoms in total. The number of hydrogen-bond donors (Lipinski definition) is 1. The summed E-state index contributed by atoms with van der Waals surface area (Å²) in [5.41, 5.74) is 0.611. The van der Waals surface area contributed by atoms with E-state index in [1.807, 2.05) is 12.1 Å². The molecule has 0 spiro atoms. The number of aromatic amines is 1. The lowest BCUT2D eigenvalue weighted by molar-refractivity contribution is 1.33. The van der Waals surface area contributed by atoms with Crippen molar-refractivity contribution < 1.29 is 0 Å². The minimum Gasteiger partial charge on any atom is -0.336 e. The van der Waals surface area contributed by atoms with E-state index in [9.17, 15) is 0 Å². The molecule has 10 heavy (non-hydrogen) atoms. The molecular weight excluding hydrogens is 150 g/mol. The maximum absolute atomic E-state index is 8.36. The van der Waals surface area contributed by atoms with Crippen LogP contribution in [0.5, 0.6) is 0 Å². The normalized spacial score (nSPS) is 8.30. The van der Waals surface area contributed by atoms with Crippen LogP contribution in [0.2, 0.25) is 5.15 Å². The van der Waals surface area contributed by atoms with E-state index in [0.717, 1.165) is 0 Å². The number of rotatable bonds is 0. The number of nitrogens with one attached hydrogen (secondary N) is 1. The Kier molecular flexibility index (Phi) is 1.62. The van der Waals surface area contributed by atoms with Crippen LogP contribution in [0.4, 0.5) is 0 Å². The van der Waals surface area contributed by atoms with Gasteiger partial charge in [-0.2, -0.15) is 10.5 Å². The second-order valence-electron chi connectivity index (χ2n) is 1.63. The largest absolute Gasteiger partial charge is 0.336 e. The molecule has 0 amide bonds. The highest BCUT2D eigenvalue weighted by Crippen LogP contribution is 2.13. The van der Waals surface area contributed by atoms with Crippen LogP contribution in [-0.4, -0.2) is 4.98 Å². The standard InChI is InChI=1S/C6H2ClN3/c7-6-4(2-8)1-5(3-9)10-6/h1,10H. The van der Waals surface area contributed by atoms with E-state index >= 15 is 0 Å². The summed E-state index contributed by atoms with van der Waals surface area (Å²) in [5, 5.41) is 16.9. The van der Waals surface area contributed by atoms with Crippen molar-refractivity contribution in [2.75, 3.05) is 0 Å². The molecule has 0 aliphatic carbocycles. The summed E-state index contributed by atoms with van der Waals surface area (Å²) in [7, 11) is 0. The fourth-order valence-corrected chi connectivity index (χ4v) is 0.770. The summed E-state index contributed by atoms with van der Waals surface area (Å²) in [4.78, 5) is 2.53. The first-order valence-corrected chi connectivity index (χ1v) is 2.84. The Labute approximate surface area is 62.5 Å². The van der Waals surface area contributed by atoms with Crippen molar-refractivity contribution >= 4 is 11.6 Å². The van der Waals surface area contributed by atoms with Gasteiger partial charge in [0, 0.05) is 0 Å². The molecule has 0 bridgehead atoms. The molecule has 0 aliphatic heterocycles. The van der Waals surface area contributed by atoms with Crippen molar-refractivity contribution in [3.63, 3.8) is 0 Å². The highest BCUT2D eigenvalue weighted by Gasteiger charge is 2.02. The van der Waals surface area contributed by atoms with Gasteiger partial charge in [-0.05, 0) is 6.07 Å². The summed E-state index contributed by atoms with van der Waals surface area (Å²) in [6.45, 7) is 0. The Balaban J connectivity index is 3.23. The van der Waals surface area contributed by atoms with Gasteiger partial charge < -0.3 is 4.98 Å². The topological polar surface area (TPSA) is 63.4 Å². The van der Waals surface area contributed by atoms with Crippen LogP contribution in [0.3, 0.4) is 0 Å². The minimum atomic E-state index is 0.221. The van der Waals surface area contributed by atoms with Crippen molar-refractivity contribution in [3.8, 4) is 12.1 Å². The van der Waals surface area contributed by atoms with E-state index in [2.05, 4.69) is 4.98 Å². The maximum atomic E-state index is 8.36. The van der Waals surface area contributed by atoms with Gasteiger partial charge in [0.15, 0.2) is 0 Å². The van der Waals surface area contributed by atoms with E-state index < -0.39 is 0 Å². The second-order valence-corrected chi connectivity index (χ2v) is 2.01. The Morgan fingerprint density at radius 3 is 2.40 bits per heavy atom. The van der Waals surface area contributed by atoms with Gasteiger partial charge in [0.2, 0.25) is 0 Å². The van der Waals surface area contributed by atoms with Crippen molar-refractivity contribution in [1.29, 1.82) is 10.5 Å². The maximum Gasteiger partial charge on any atom is 0.125 e. The molecule has 0 saturated carbocycles. The zero-order chi connectivity index (χ0) is 7.56. The van der Waals surface area contributed by atoms with Crippen molar-refractivity contribution in [2.45, 2.75) is 0 Å². The number of nitriles is 2. The van der Waals surface area contributed by atoms with Crippen LogP contribution in [-0.2, 0) is 0 Å². The molecule has 1 aromatic rings.